The van der Waals surface area contributed by atoms with Gasteiger partial charge in [0.1, 0.15) is 0 Å². The molecule has 0 spiro atoms. The first-order valence-electron chi connectivity index (χ1n) is 8.05. The van der Waals surface area contributed by atoms with Gasteiger partial charge in [0.05, 0.1) is 11.8 Å². The van der Waals surface area contributed by atoms with Crippen molar-refractivity contribution >= 4 is 21.6 Å². The van der Waals surface area contributed by atoms with Gasteiger partial charge in [0.25, 0.3) is 0 Å². The lowest BCUT2D eigenvalue weighted by Crippen LogP contribution is -2.39. The van der Waals surface area contributed by atoms with E-state index in [1.165, 1.54) is 28.6 Å². The van der Waals surface area contributed by atoms with Gasteiger partial charge in [-0.05, 0) is 66.9 Å². The van der Waals surface area contributed by atoms with Gasteiger partial charge < -0.3 is 15.0 Å². The lowest BCUT2D eigenvalue weighted by atomic mass is 10.0. The maximum atomic E-state index is 5.80. The largest absolute Gasteiger partial charge is 0.377 e. The number of piperidine rings is 1. The summed E-state index contributed by atoms with van der Waals surface area (Å²) in [6.45, 7) is 10.3. The molecule has 1 aliphatic heterocycles. The maximum absolute atomic E-state index is 5.80. The van der Waals surface area contributed by atoms with Crippen molar-refractivity contribution in [2.75, 3.05) is 31.1 Å². The molecule has 1 fully saturated rings. The van der Waals surface area contributed by atoms with E-state index < -0.39 is 0 Å². The minimum atomic E-state index is 0.371. The first-order chi connectivity index (χ1) is 10.2. The number of halogens is 1. The molecule has 1 aromatic rings. The number of hydrogen-bond donors (Lipinski definition) is 1. The van der Waals surface area contributed by atoms with Gasteiger partial charge in [-0.25, -0.2) is 0 Å². The lowest BCUT2D eigenvalue weighted by Gasteiger charge is -2.35. The van der Waals surface area contributed by atoms with E-state index in [9.17, 15) is 0 Å². The molecule has 0 aromatic heterocycles. The maximum Gasteiger partial charge on any atom is 0.0750 e. The molecule has 1 heterocycles. The summed E-state index contributed by atoms with van der Waals surface area (Å²) in [6.07, 6.45) is 2.75. The quantitative estimate of drug-likeness (QED) is 0.831. The van der Waals surface area contributed by atoms with Crippen LogP contribution in [0.1, 0.15) is 45.2 Å². The standard InChI is InChI=1S/C17H27BrN2O/c1-4-19-13(3)14-8-9-17(16(18)11-14)20-10-6-7-15(12-20)21-5-2/h8-9,11,13,15,19H,4-7,10,12H2,1-3H3. The molecule has 0 radical (unpaired) electrons. The summed E-state index contributed by atoms with van der Waals surface area (Å²) < 4.78 is 6.98. The summed E-state index contributed by atoms with van der Waals surface area (Å²) in [5.74, 6) is 0. The van der Waals surface area contributed by atoms with Gasteiger partial charge in [0.2, 0.25) is 0 Å². The van der Waals surface area contributed by atoms with Crippen LogP contribution in [0.5, 0.6) is 0 Å². The van der Waals surface area contributed by atoms with Crippen molar-refractivity contribution in [2.24, 2.45) is 0 Å². The minimum Gasteiger partial charge on any atom is -0.377 e. The molecule has 21 heavy (non-hydrogen) atoms. The fourth-order valence-corrected chi connectivity index (χ4v) is 3.65. The molecule has 1 aliphatic rings. The topological polar surface area (TPSA) is 24.5 Å². The van der Waals surface area contributed by atoms with Crippen molar-refractivity contribution in [3.63, 3.8) is 0 Å². The van der Waals surface area contributed by atoms with Crippen LogP contribution >= 0.6 is 15.9 Å². The molecular formula is C17H27BrN2O. The highest BCUT2D eigenvalue weighted by atomic mass is 79.9. The van der Waals surface area contributed by atoms with Crippen LogP contribution in [-0.4, -0.2) is 32.3 Å². The van der Waals surface area contributed by atoms with Gasteiger partial charge in [-0.2, -0.15) is 0 Å². The Hall–Kier alpha value is -0.580. The molecule has 0 amide bonds. The number of benzene rings is 1. The van der Waals surface area contributed by atoms with Crippen molar-refractivity contribution in [1.29, 1.82) is 0 Å². The van der Waals surface area contributed by atoms with Gasteiger partial charge >= 0.3 is 0 Å². The zero-order chi connectivity index (χ0) is 15.2. The van der Waals surface area contributed by atoms with E-state index >= 15 is 0 Å². The summed E-state index contributed by atoms with van der Waals surface area (Å²) in [6, 6.07) is 7.10. The van der Waals surface area contributed by atoms with E-state index in [1.54, 1.807) is 0 Å². The molecule has 118 valence electrons. The van der Waals surface area contributed by atoms with Crippen LogP contribution in [-0.2, 0) is 4.74 Å². The molecule has 4 heteroatoms. The number of anilines is 1. The molecule has 0 saturated carbocycles. The number of nitrogens with zero attached hydrogens (tertiary/aromatic N) is 1. The summed E-state index contributed by atoms with van der Waals surface area (Å²) >= 11 is 3.75. The predicted octanol–water partition coefficient (Wildman–Crippen LogP) is 4.12. The Morgan fingerprint density at radius 3 is 2.90 bits per heavy atom. The van der Waals surface area contributed by atoms with E-state index in [-0.39, 0.29) is 0 Å². The number of ether oxygens (including phenoxy) is 1. The molecule has 2 atom stereocenters. The van der Waals surface area contributed by atoms with Gasteiger partial charge in [0, 0.05) is 30.2 Å². The zero-order valence-corrected chi connectivity index (χ0v) is 14.9. The predicted molar refractivity (Wildman–Crippen MR) is 93.1 cm³/mol. The van der Waals surface area contributed by atoms with E-state index in [4.69, 9.17) is 4.74 Å². The Morgan fingerprint density at radius 2 is 2.24 bits per heavy atom. The normalized spacial score (nSPS) is 20.6. The van der Waals surface area contributed by atoms with Crippen molar-refractivity contribution in [3.8, 4) is 0 Å². The highest BCUT2D eigenvalue weighted by molar-refractivity contribution is 9.10. The lowest BCUT2D eigenvalue weighted by molar-refractivity contribution is 0.0526. The molecule has 0 bridgehead atoms. The van der Waals surface area contributed by atoms with Crippen LogP contribution in [0.3, 0.4) is 0 Å². The Kier molecular flexibility index (Phi) is 6.52. The first kappa shape index (κ1) is 16.8. The third kappa shape index (κ3) is 4.44. The molecule has 3 nitrogen and oxygen atoms in total. The van der Waals surface area contributed by atoms with Gasteiger partial charge in [-0.15, -0.1) is 0 Å². The van der Waals surface area contributed by atoms with E-state index in [0.717, 1.165) is 26.2 Å². The zero-order valence-electron chi connectivity index (χ0n) is 13.4. The van der Waals surface area contributed by atoms with Gasteiger partial charge in [-0.3, -0.25) is 0 Å². The molecule has 0 aliphatic carbocycles. The van der Waals surface area contributed by atoms with Crippen LogP contribution in [0, 0.1) is 0 Å². The molecule has 2 rings (SSSR count). The Bertz CT molecular complexity index is 450. The first-order valence-corrected chi connectivity index (χ1v) is 8.84. The third-order valence-corrected chi connectivity index (χ3v) is 4.74. The van der Waals surface area contributed by atoms with E-state index in [1.807, 2.05) is 0 Å². The van der Waals surface area contributed by atoms with Crippen molar-refractivity contribution in [3.05, 3.63) is 28.2 Å². The second-order valence-electron chi connectivity index (χ2n) is 5.66. The van der Waals surface area contributed by atoms with E-state index in [2.05, 4.69) is 65.1 Å². The highest BCUT2D eigenvalue weighted by Crippen LogP contribution is 2.31. The van der Waals surface area contributed by atoms with Gasteiger partial charge in [0.15, 0.2) is 0 Å². The summed E-state index contributed by atoms with van der Waals surface area (Å²) in [5, 5.41) is 3.46. The average molecular weight is 355 g/mol. The van der Waals surface area contributed by atoms with E-state index in [0.29, 0.717) is 12.1 Å². The molecule has 2 unspecified atom stereocenters. The van der Waals surface area contributed by atoms with Crippen molar-refractivity contribution in [1.82, 2.24) is 5.32 Å². The SMILES string of the molecule is CCNC(C)c1ccc(N2CCCC(OCC)C2)c(Br)c1. The number of nitrogens with one attached hydrogen (secondary N) is 1. The Labute approximate surface area is 137 Å². The van der Waals surface area contributed by atoms with Crippen molar-refractivity contribution < 1.29 is 4.74 Å². The molecule has 1 saturated heterocycles. The minimum absolute atomic E-state index is 0.371. The second kappa shape index (κ2) is 8.16. The summed E-state index contributed by atoms with van der Waals surface area (Å²) in [5.41, 5.74) is 2.61. The second-order valence-corrected chi connectivity index (χ2v) is 6.51. The Balaban J connectivity index is 2.09. The number of rotatable bonds is 6. The van der Waals surface area contributed by atoms with Crippen LogP contribution in [0.4, 0.5) is 5.69 Å². The van der Waals surface area contributed by atoms with Crippen molar-refractivity contribution in [2.45, 2.75) is 45.8 Å². The van der Waals surface area contributed by atoms with Crippen LogP contribution in [0.2, 0.25) is 0 Å². The summed E-state index contributed by atoms with van der Waals surface area (Å²) in [7, 11) is 0. The van der Waals surface area contributed by atoms with Crippen LogP contribution < -0.4 is 10.2 Å². The van der Waals surface area contributed by atoms with Crippen LogP contribution in [0.15, 0.2) is 22.7 Å². The fraction of sp³-hybridized carbons (Fsp3) is 0.647. The monoisotopic (exact) mass is 354 g/mol. The van der Waals surface area contributed by atoms with Gasteiger partial charge in [-0.1, -0.05) is 13.0 Å². The Morgan fingerprint density at radius 1 is 1.43 bits per heavy atom. The molecular weight excluding hydrogens is 328 g/mol. The number of hydrogen-bond acceptors (Lipinski definition) is 3. The fourth-order valence-electron chi connectivity index (χ4n) is 3.00. The highest BCUT2D eigenvalue weighted by Gasteiger charge is 2.22. The average Bonchev–Trinajstić information content (AvgIpc) is 2.48. The van der Waals surface area contributed by atoms with Crippen LogP contribution in [0.25, 0.3) is 0 Å². The molecule has 1 aromatic carbocycles. The summed E-state index contributed by atoms with van der Waals surface area (Å²) in [4.78, 5) is 2.44. The smallest absolute Gasteiger partial charge is 0.0750 e. The molecule has 1 N–H and O–H groups in total. The third-order valence-electron chi connectivity index (χ3n) is 4.10.